The summed E-state index contributed by atoms with van der Waals surface area (Å²) in [5.74, 6) is -0.291. The number of nitrogens with one attached hydrogen (secondary N) is 1. The molecule has 1 amide bonds. The lowest BCUT2D eigenvalue weighted by molar-refractivity contribution is -0.118. The van der Waals surface area contributed by atoms with Crippen LogP contribution in [0, 0.1) is 0 Å². The van der Waals surface area contributed by atoms with Gasteiger partial charge in [-0.15, -0.1) is 0 Å². The maximum atomic E-state index is 10.7. The Hall–Kier alpha value is -1.84. The fourth-order valence-electron chi connectivity index (χ4n) is 1.58. The Bertz CT molecular complexity index is 377. The molecule has 0 radical (unpaired) electrons. The molecule has 0 aliphatic heterocycles. The number of benzene rings is 1. The van der Waals surface area contributed by atoms with Crippen LogP contribution in [0.4, 0.5) is 5.69 Å². The second-order valence-electron chi connectivity index (χ2n) is 3.86. The van der Waals surface area contributed by atoms with Gasteiger partial charge in [-0.1, -0.05) is 18.2 Å². The molecule has 0 bridgehead atoms. The Morgan fingerprint density at radius 2 is 2.12 bits per heavy atom. The van der Waals surface area contributed by atoms with E-state index in [1.165, 1.54) is 0 Å². The van der Waals surface area contributed by atoms with Crippen molar-refractivity contribution >= 4 is 17.9 Å². The van der Waals surface area contributed by atoms with Gasteiger partial charge in [-0.05, 0) is 24.5 Å². The molecule has 0 fully saturated rings. The smallest absolute Gasteiger partial charge is 0.217 e. The molecule has 0 aliphatic carbocycles. The minimum absolute atomic E-state index is 0.291. The third-order valence-electron chi connectivity index (χ3n) is 2.47. The number of primary amides is 1. The molecule has 17 heavy (non-hydrogen) atoms. The Labute approximate surface area is 101 Å². The Balaban J connectivity index is 2.51. The average molecular weight is 234 g/mol. The number of amides is 1. The number of hydrogen-bond acceptors (Lipinski definition) is 3. The number of unbranched alkanes of at least 4 members (excludes halogenated alkanes) is 1. The van der Waals surface area contributed by atoms with Crippen LogP contribution in [-0.4, -0.2) is 18.7 Å². The standard InChI is InChI=1S/C13H18N2O2/c14-13(17)8-7-11-5-1-2-6-12(11)15-9-3-4-10-16/h1-2,5-6,10,15H,3-4,7-9H2,(H2,14,17). The highest BCUT2D eigenvalue weighted by Crippen LogP contribution is 2.16. The number of hydrogen-bond donors (Lipinski definition) is 2. The molecule has 4 nitrogen and oxygen atoms in total. The highest BCUT2D eigenvalue weighted by atomic mass is 16.1. The van der Waals surface area contributed by atoms with Gasteiger partial charge in [-0.25, -0.2) is 0 Å². The Morgan fingerprint density at radius 1 is 1.35 bits per heavy atom. The molecule has 0 atom stereocenters. The van der Waals surface area contributed by atoms with E-state index in [0.29, 0.717) is 19.3 Å². The molecule has 92 valence electrons. The number of nitrogens with two attached hydrogens (primary N) is 1. The van der Waals surface area contributed by atoms with Gasteiger partial charge >= 0.3 is 0 Å². The highest BCUT2D eigenvalue weighted by molar-refractivity contribution is 5.74. The van der Waals surface area contributed by atoms with Crippen LogP contribution in [0.25, 0.3) is 0 Å². The van der Waals surface area contributed by atoms with Gasteiger partial charge in [0.2, 0.25) is 5.91 Å². The van der Waals surface area contributed by atoms with Crippen molar-refractivity contribution in [1.29, 1.82) is 0 Å². The minimum atomic E-state index is -0.291. The average Bonchev–Trinajstić information content (AvgIpc) is 2.33. The van der Waals surface area contributed by atoms with Gasteiger partial charge in [0, 0.05) is 25.1 Å². The maximum Gasteiger partial charge on any atom is 0.217 e. The maximum absolute atomic E-state index is 10.7. The number of aldehydes is 1. The fourth-order valence-corrected chi connectivity index (χ4v) is 1.58. The van der Waals surface area contributed by atoms with Crippen molar-refractivity contribution in [3.8, 4) is 0 Å². The molecule has 3 N–H and O–H groups in total. The molecular formula is C13H18N2O2. The first-order valence-corrected chi connectivity index (χ1v) is 5.77. The van der Waals surface area contributed by atoms with Crippen LogP contribution in [0.5, 0.6) is 0 Å². The quantitative estimate of drug-likeness (QED) is 0.529. The van der Waals surface area contributed by atoms with Crippen LogP contribution in [0.15, 0.2) is 24.3 Å². The summed E-state index contributed by atoms with van der Waals surface area (Å²) >= 11 is 0. The van der Waals surface area contributed by atoms with Gasteiger partial charge in [0.05, 0.1) is 0 Å². The third kappa shape index (κ3) is 5.15. The van der Waals surface area contributed by atoms with Crippen molar-refractivity contribution in [1.82, 2.24) is 0 Å². The summed E-state index contributed by atoms with van der Waals surface area (Å²) in [6, 6.07) is 7.82. The van der Waals surface area contributed by atoms with Crippen LogP contribution in [0.1, 0.15) is 24.8 Å². The Kier molecular flexibility index (Phi) is 5.79. The van der Waals surface area contributed by atoms with E-state index in [1.54, 1.807) is 0 Å². The number of anilines is 1. The summed E-state index contributed by atoms with van der Waals surface area (Å²) in [7, 11) is 0. The molecule has 0 aliphatic rings. The van der Waals surface area contributed by atoms with Crippen LogP contribution in [0.3, 0.4) is 0 Å². The van der Waals surface area contributed by atoms with Gasteiger partial charge < -0.3 is 15.8 Å². The van der Waals surface area contributed by atoms with E-state index in [-0.39, 0.29) is 5.91 Å². The fraction of sp³-hybridized carbons (Fsp3) is 0.385. The lowest BCUT2D eigenvalue weighted by Crippen LogP contribution is -2.12. The molecule has 0 saturated heterocycles. The molecule has 0 heterocycles. The number of carbonyl (C=O) groups excluding carboxylic acids is 2. The molecule has 0 spiro atoms. The lowest BCUT2D eigenvalue weighted by Gasteiger charge is -2.10. The summed E-state index contributed by atoms with van der Waals surface area (Å²) in [6.45, 7) is 0.756. The number of carbonyl (C=O) groups is 2. The largest absolute Gasteiger partial charge is 0.385 e. The highest BCUT2D eigenvalue weighted by Gasteiger charge is 2.02. The van der Waals surface area contributed by atoms with E-state index in [0.717, 1.165) is 30.5 Å². The Morgan fingerprint density at radius 3 is 2.82 bits per heavy atom. The number of para-hydroxylation sites is 1. The van der Waals surface area contributed by atoms with Crippen LogP contribution < -0.4 is 11.1 Å². The van der Waals surface area contributed by atoms with Crippen molar-refractivity contribution in [2.24, 2.45) is 5.73 Å². The van der Waals surface area contributed by atoms with E-state index in [4.69, 9.17) is 5.73 Å². The van der Waals surface area contributed by atoms with E-state index in [1.807, 2.05) is 24.3 Å². The summed E-state index contributed by atoms with van der Waals surface area (Å²) in [5.41, 5.74) is 7.23. The SMILES string of the molecule is NC(=O)CCc1ccccc1NCCCC=O. The zero-order valence-electron chi connectivity index (χ0n) is 9.82. The summed E-state index contributed by atoms with van der Waals surface area (Å²) in [6.07, 6.45) is 3.30. The van der Waals surface area contributed by atoms with Gasteiger partial charge in [-0.2, -0.15) is 0 Å². The lowest BCUT2D eigenvalue weighted by atomic mass is 10.1. The first kappa shape index (κ1) is 13.2. The molecule has 1 aromatic rings. The first-order valence-electron chi connectivity index (χ1n) is 5.77. The van der Waals surface area contributed by atoms with Gasteiger partial charge in [0.1, 0.15) is 6.29 Å². The molecule has 0 aromatic heterocycles. The minimum Gasteiger partial charge on any atom is -0.385 e. The van der Waals surface area contributed by atoms with E-state index in [2.05, 4.69) is 5.32 Å². The van der Waals surface area contributed by atoms with Crippen molar-refractivity contribution in [3.05, 3.63) is 29.8 Å². The van der Waals surface area contributed by atoms with E-state index >= 15 is 0 Å². The monoisotopic (exact) mass is 234 g/mol. The molecular weight excluding hydrogens is 216 g/mol. The second-order valence-corrected chi connectivity index (χ2v) is 3.86. The van der Waals surface area contributed by atoms with E-state index < -0.39 is 0 Å². The normalized spacial score (nSPS) is 9.88. The van der Waals surface area contributed by atoms with Crippen molar-refractivity contribution in [2.45, 2.75) is 25.7 Å². The zero-order chi connectivity index (χ0) is 12.5. The molecule has 4 heteroatoms. The summed E-state index contributed by atoms with van der Waals surface area (Å²) in [4.78, 5) is 20.9. The van der Waals surface area contributed by atoms with Crippen LogP contribution in [-0.2, 0) is 16.0 Å². The van der Waals surface area contributed by atoms with Crippen molar-refractivity contribution in [3.63, 3.8) is 0 Å². The molecule has 1 aromatic carbocycles. The van der Waals surface area contributed by atoms with Gasteiger partial charge in [-0.3, -0.25) is 4.79 Å². The number of aryl methyl sites for hydroxylation is 1. The molecule has 0 saturated carbocycles. The predicted molar refractivity (Wildman–Crippen MR) is 67.7 cm³/mol. The topological polar surface area (TPSA) is 72.2 Å². The summed E-state index contributed by atoms with van der Waals surface area (Å²) < 4.78 is 0. The predicted octanol–water partition coefficient (Wildman–Crippen LogP) is 1.50. The molecule has 1 rings (SSSR count). The third-order valence-corrected chi connectivity index (χ3v) is 2.47. The number of rotatable bonds is 8. The van der Waals surface area contributed by atoms with Crippen molar-refractivity contribution in [2.75, 3.05) is 11.9 Å². The first-order chi connectivity index (χ1) is 8.24. The zero-order valence-corrected chi connectivity index (χ0v) is 9.82. The summed E-state index contributed by atoms with van der Waals surface area (Å²) in [5, 5.41) is 3.26. The van der Waals surface area contributed by atoms with E-state index in [9.17, 15) is 9.59 Å². The van der Waals surface area contributed by atoms with Crippen molar-refractivity contribution < 1.29 is 9.59 Å². The van der Waals surface area contributed by atoms with Crippen LogP contribution >= 0.6 is 0 Å². The second kappa shape index (κ2) is 7.44. The van der Waals surface area contributed by atoms with Crippen LogP contribution in [0.2, 0.25) is 0 Å². The van der Waals surface area contributed by atoms with Gasteiger partial charge in [0.25, 0.3) is 0 Å². The molecule has 0 unspecified atom stereocenters. The van der Waals surface area contributed by atoms with Gasteiger partial charge in [0.15, 0.2) is 0 Å².